The molecule has 2 N–H and O–H groups in total. The molecule has 4 nitrogen and oxygen atoms in total. The van der Waals surface area contributed by atoms with Gasteiger partial charge in [-0.05, 0) is 42.9 Å². The van der Waals surface area contributed by atoms with Crippen LogP contribution in [-0.2, 0) is 22.4 Å². The molecule has 1 saturated heterocycles. The Hall–Kier alpha value is -2.04. The maximum absolute atomic E-state index is 12.4. The lowest BCUT2D eigenvalue weighted by molar-refractivity contribution is -0.130. The van der Waals surface area contributed by atoms with Gasteiger partial charge in [0.1, 0.15) is 0 Å². The van der Waals surface area contributed by atoms with Crippen molar-refractivity contribution in [1.29, 1.82) is 0 Å². The van der Waals surface area contributed by atoms with E-state index in [-0.39, 0.29) is 24.4 Å². The molecule has 27 heavy (non-hydrogen) atoms. The minimum absolute atomic E-state index is 0. The number of nitrogen functional groups attached to an aromatic ring is 1. The molecule has 1 aliphatic rings. The number of para-hydroxylation sites is 1. The Bertz CT molecular complexity index is 708. The number of rotatable bonds is 8. The number of nitrogens with zero attached hydrogens (tertiary/aromatic N) is 1. The van der Waals surface area contributed by atoms with Crippen molar-refractivity contribution in [3.63, 3.8) is 0 Å². The highest BCUT2D eigenvalue weighted by Crippen LogP contribution is 2.17. The van der Waals surface area contributed by atoms with Crippen molar-refractivity contribution in [2.75, 3.05) is 25.4 Å². The van der Waals surface area contributed by atoms with Crippen LogP contribution in [0.15, 0.2) is 54.6 Å². The molecule has 1 fully saturated rings. The molecule has 5 heteroatoms. The molecular formula is C22H29ClN2O2. The Morgan fingerprint density at radius 3 is 2.59 bits per heavy atom. The first-order valence-electron chi connectivity index (χ1n) is 9.49. The van der Waals surface area contributed by atoms with Gasteiger partial charge in [0.15, 0.2) is 0 Å². The van der Waals surface area contributed by atoms with Crippen LogP contribution in [-0.4, -0.2) is 36.6 Å². The number of amides is 1. The number of nitrogens with two attached hydrogens (primary N) is 1. The summed E-state index contributed by atoms with van der Waals surface area (Å²) < 4.78 is 5.97. The summed E-state index contributed by atoms with van der Waals surface area (Å²) in [4.78, 5) is 14.4. The molecule has 0 aromatic heterocycles. The smallest absolute Gasteiger partial charge is 0.222 e. The van der Waals surface area contributed by atoms with Gasteiger partial charge in [-0.15, -0.1) is 12.4 Å². The maximum atomic E-state index is 12.4. The van der Waals surface area contributed by atoms with Crippen LogP contribution in [0.1, 0.15) is 30.4 Å². The molecule has 1 atom stereocenters. The standard InChI is InChI=1S/C22H28N2O2.ClH/c23-21-11-5-4-10-19(21)12-13-22(25)24-15-14-20(17-24)26-16-6-9-18-7-2-1-3-8-18;/h1-5,7-8,10-11,20H,6,9,12-17,23H2;1H. The molecule has 1 aliphatic heterocycles. The first-order valence-corrected chi connectivity index (χ1v) is 9.49. The average Bonchev–Trinajstić information content (AvgIpc) is 3.14. The van der Waals surface area contributed by atoms with E-state index < -0.39 is 0 Å². The fourth-order valence-corrected chi connectivity index (χ4v) is 3.42. The van der Waals surface area contributed by atoms with E-state index in [1.807, 2.05) is 35.2 Å². The maximum Gasteiger partial charge on any atom is 0.222 e. The van der Waals surface area contributed by atoms with E-state index in [0.29, 0.717) is 19.4 Å². The molecule has 1 heterocycles. The third kappa shape index (κ3) is 6.56. The van der Waals surface area contributed by atoms with Crippen molar-refractivity contribution < 1.29 is 9.53 Å². The zero-order valence-electron chi connectivity index (χ0n) is 15.7. The highest BCUT2D eigenvalue weighted by Gasteiger charge is 2.26. The lowest BCUT2D eigenvalue weighted by atomic mass is 10.1. The number of carbonyl (C=O) groups is 1. The molecule has 2 aromatic rings. The molecule has 3 rings (SSSR count). The van der Waals surface area contributed by atoms with Crippen LogP contribution in [0.3, 0.4) is 0 Å². The van der Waals surface area contributed by atoms with Crippen molar-refractivity contribution >= 4 is 24.0 Å². The number of carbonyl (C=O) groups excluding carboxylic acids is 1. The van der Waals surface area contributed by atoms with Crippen LogP contribution in [0.25, 0.3) is 0 Å². The monoisotopic (exact) mass is 388 g/mol. The summed E-state index contributed by atoms with van der Waals surface area (Å²) in [6, 6.07) is 18.2. The molecule has 2 aromatic carbocycles. The Labute approximate surface area is 168 Å². The molecule has 146 valence electrons. The van der Waals surface area contributed by atoms with E-state index in [1.165, 1.54) is 5.56 Å². The van der Waals surface area contributed by atoms with Gasteiger partial charge in [-0.2, -0.15) is 0 Å². The molecule has 0 radical (unpaired) electrons. The zero-order valence-corrected chi connectivity index (χ0v) is 16.5. The normalized spacial score (nSPS) is 16.1. The topological polar surface area (TPSA) is 55.6 Å². The van der Waals surface area contributed by atoms with E-state index >= 15 is 0 Å². The molecule has 1 unspecified atom stereocenters. The number of halogens is 1. The Kier molecular flexibility index (Phi) is 8.62. The average molecular weight is 389 g/mol. The number of ether oxygens (including phenoxy) is 1. The van der Waals surface area contributed by atoms with Crippen molar-refractivity contribution in [1.82, 2.24) is 4.90 Å². The van der Waals surface area contributed by atoms with Gasteiger partial charge < -0.3 is 15.4 Å². The Balaban J connectivity index is 0.00000261. The fraction of sp³-hybridized carbons (Fsp3) is 0.409. The third-order valence-electron chi connectivity index (χ3n) is 4.97. The summed E-state index contributed by atoms with van der Waals surface area (Å²) in [6.45, 7) is 2.27. The molecule has 0 aliphatic carbocycles. The zero-order chi connectivity index (χ0) is 18.2. The summed E-state index contributed by atoms with van der Waals surface area (Å²) in [6.07, 6.45) is 4.37. The summed E-state index contributed by atoms with van der Waals surface area (Å²) >= 11 is 0. The quantitative estimate of drug-likeness (QED) is 0.551. The fourth-order valence-electron chi connectivity index (χ4n) is 3.42. The minimum atomic E-state index is 0. The van der Waals surface area contributed by atoms with Gasteiger partial charge in [0.25, 0.3) is 0 Å². The van der Waals surface area contributed by atoms with E-state index in [2.05, 4.69) is 24.3 Å². The van der Waals surface area contributed by atoms with Gasteiger partial charge in [0, 0.05) is 31.8 Å². The predicted octanol–water partition coefficient (Wildman–Crippen LogP) is 3.87. The van der Waals surface area contributed by atoms with Crippen LogP contribution in [0.5, 0.6) is 0 Å². The van der Waals surface area contributed by atoms with Crippen LogP contribution in [0.2, 0.25) is 0 Å². The number of hydrogen-bond acceptors (Lipinski definition) is 3. The van der Waals surface area contributed by atoms with Crippen LogP contribution in [0, 0.1) is 0 Å². The van der Waals surface area contributed by atoms with E-state index in [9.17, 15) is 4.79 Å². The molecular weight excluding hydrogens is 360 g/mol. The van der Waals surface area contributed by atoms with Crippen LogP contribution < -0.4 is 5.73 Å². The lowest BCUT2D eigenvalue weighted by Crippen LogP contribution is -2.30. The highest BCUT2D eigenvalue weighted by atomic mass is 35.5. The largest absolute Gasteiger partial charge is 0.399 e. The first kappa shape index (κ1) is 21.3. The number of benzene rings is 2. The summed E-state index contributed by atoms with van der Waals surface area (Å²) in [5, 5.41) is 0. The second kappa shape index (κ2) is 11.0. The second-order valence-corrected chi connectivity index (χ2v) is 6.91. The van der Waals surface area contributed by atoms with E-state index in [0.717, 1.165) is 43.7 Å². The predicted molar refractivity (Wildman–Crippen MR) is 112 cm³/mol. The van der Waals surface area contributed by atoms with Crippen molar-refractivity contribution in [3.05, 3.63) is 65.7 Å². The summed E-state index contributed by atoms with van der Waals surface area (Å²) in [5.41, 5.74) is 9.11. The lowest BCUT2D eigenvalue weighted by Gasteiger charge is -2.17. The van der Waals surface area contributed by atoms with Crippen LogP contribution in [0.4, 0.5) is 5.69 Å². The van der Waals surface area contributed by atoms with E-state index in [4.69, 9.17) is 10.5 Å². The Morgan fingerprint density at radius 2 is 1.81 bits per heavy atom. The SMILES string of the molecule is Cl.Nc1ccccc1CCC(=O)N1CCC(OCCCc2ccccc2)C1. The van der Waals surface area contributed by atoms with Gasteiger partial charge in [-0.3, -0.25) is 4.79 Å². The number of anilines is 1. The van der Waals surface area contributed by atoms with Gasteiger partial charge in [0.2, 0.25) is 5.91 Å². The van der Waals surface area contributed by atoms with Crippen molar-refractivity contribution in [2.24, 2.45) is 0 Å². The first-order chi connectivity index (χ1) is 12.7. The van der Waals surface area contributed by atoms with Gasteiger partial charge in [-0.25, -0.2) is 0 Å². The summed E-state index contributed by atoms with van der Waals surface area (Å²) in [7, 11) is 0. The van der Waals surface area contributed by atoms with Gasteiger partial charge >= 0.3 is 0 Å². The molecule has 0 bridgehead atoms. The minimum Gasteiger partial charge on any atom is -0.399 e. The summed E-state index contributed by atoms with van der Waals surface area (Å²) in [5.74, 6) is 0.198. The number of likely N-dealkylation sites (tertiary alicyclic amines) is 1. The molecule has 0 spiro atoms. The Morgan fingerprint density at radius 1 is 1.07 bits per heavy atom. The van der Waals surface area contributed by atoms with Gasteiger partial charge in [0.05, 0.1) is 6.10 Å². The number of aryl methyl sites for hydroxylation is 2. The van der Waals surface area contributed by atoms with Crippen LogP contribution >= 0.6 is 12.4 Å². The van der Waals surface area contributed by atoms with Gasteiger partial charge in [-0.1, -0.05) is 48.5 Å². The molecule has 1 amide bonds. The van der Waals surface area contributed by atoms with Crippen molar-refractivity contribution in [3.8, 4) is 0 Å². The second-order valence-electron chi connectivity index (χ2n) is 6.91. The molecule has 0 saturated carbocycles. The van der Waals surface area contributed by atoms with E-state index in [1.54, 1.807) is 0 Å². The third-order valence-corrected chi connectivity index (χ3v) is 4.97. The highest BCUT2D eigenvalue weighted by molar-refractivity contribution is 5.85. The van der Waals surface area contributed by atoms with Crippen molar-refractivity contribution in [2.45, 2.75) is 38.2 Å². The number of hydrogen-bond donors (Lipinski definition) is 1.